The molecule has 0 aliphatic rings. The van der Waals surface area contributed by atoms with Crippen LogP contribution in [0.1, 0.15) is 10.4 Å². The van der Waals surface area contributed by atoms with Crippen molar-refractivity contribution in [2.45, 2.75) is 0 Å². The molecular weight excluding hydrogens is 430 g/mol. The lowest BCUT2D eigenvalue weighted by Crippen LogP contribution is -2.43. The highest BCUT2D eigenvalue weighted by atomic mass is 35.5. The second-order valence-electron chi connectivity index (χ2n) is 5.96. The Balaban J connectivity index is 1.79. The van der Waals surface area contributed by atoms with Gasteiger partial charge in [0.1, 0.15) is 13.2 Å². The second-order valence-corrected chi connectivity index (χ2v) is 6.40. The molecule has 0 bridgehead atoms. The van der Waals surface area contributed by atoms with Gasteiger partial charge in [-0.15, -0.1) is 0 Å². The van der Waals surface area contributed by atoms with Gasteiger partial charge in [-0.25, -0.2) is 0 Å². The molecule has 2 aromatic rings. The lowest BCUT2D eigenvalue weighted by molar-refractivity contribution is -0.129. The minimum Gasteiger partial charge on any atom is -0.493 e. The third kappa shape index (κ3) is 7.05. The van der Waals surface area contributed by atoms with E-state index in [1.54, 1.807) is 24.3 Å². The molecule has 166 valence electrons. The molecule has 10 nitrogen and oxygen atoms in total. The number of anilines is 1. The Labute approximate surface area is 183 Å². The van der Waals surface area contributed by atoms with E-state index in [1.165, 1.54) is 33.5 Å². The molecule has 0 saturated heterocycles. The summed E-state index contributed by atoms with van der Waals surface area (Å²) < 4.78 is 20.6. The summed E-state index contributed by atoms with van der Waals surface area (Å²) in [5.74, 6) is -0.817. The van der Waals surface area contributed by atoms with Crippen molar-refractivity contribution in [2.24, 2.45) is 0 Å². The Morgan fingerprint density at radius 2 is 1.42 bits per heavy atom. The highest BCUT2D eigenvalue weighted by Crippen LogP contribution is 2.38. The molecule has 2 aromatic carbocycles. The second kappa shape index (κ2) is 11.6. The molecular formula is C20H22ClN3O7. The normalized spacial score (nSPS) is 10.1. The van der Waals surface area contributed by atoms with Gasteiger partial charge in [0.2, 0.25) is 11.7 Å². The first-order valence-corrected chi connectivity index (χ1v) is 9.28. The van der Waals surface area contributed by atoms with Crippen molar-refractivity contribution >= 4 is 35.0 Å². The molecule has 0 radical (unpaired) electrons. The number of methoxy groups -OCH3 is 3. The lowest BCUT2D eigenvalue weighted by atomic mass is 10.1. The standard InChI is InChI=1S/C20H22ClN3O7/c1-28-15-8-12(9-16(29-2)19(15)30-3)20(27)24-23-18(26)11-31-10-17(25)22-14-6-4-13(21)5-7-14/h4-9H,10-11H2,1-3H3,(H,22,25)(H,23,26)(H,24,27). The summed E-state index contributed by atoms with van der Waals surface area (Å²) in [6.07, 6.45) is 0. The van der Waals surface area contributed by atoms with E-state index in [1.807, 2.05) is 0 Å². The summed E-state index contributed by atoms with van der Waals surface area (Å²) in [5, 5.41) is 3.13. The molecule has 2 rings (SSSR count). The number of benzene rings is 2. The topological polar surface area (TPSA) is 124 Å². The smallest absolute Gasteiger partial charge is 0.269 e. The molecule has 0 atom stereocenters. The Hall–Kier alpha value is -3.50. The van der Waals surface area contributed by atoms with Crippen LogP contribution in [0, 0.1) is 0 Å². The van der Waals surface area contributed by atoms with Gasteiger partial charge in [-0.1, -0.05) is 11.6 Å². The highest BCUT2D eigenvalue weighted by Gasteiger charge is 2.17. The van der Waals surface area contributed by atoms with E-state index < -0.39 is 24.3 Å². The van der Waals surface area contributed by atoms with Crippen molar-refractivity contribution in [3.05, 3.63) is 47.0 Å². The fourth-order valence-corrected chi connectivity index (χ4v) is 2.54. The van der Waals surface area contributed by atoms with Crippen LogP contribution in [0.3, 0.4) is 0 Å². The zero-order valence-corrected chi connectivity index (χ0v) is 17.9. The van der Waals surface area contributed by atoms with Gasteiger partial charge >= 0.3 is 0 Å². The van der Waals surface area contributed by atoms with E-state index in [-0.39, 0.29) is 23.7 Å². The largest absolute Gasteiger partial charge is 0.493 e. The molecule has 3 N–H and O–H groups in total. The van der Waals surface area contributed by atoms with Crippen LogP contribution in [0.5, 0.6) is 17.2 Å². The van der Waals surface area contributed by atoms with Gasteiger partial charge in [0, 0.05) is 16.3 Å². The number of carbonyl (C=O) groups excluding carboxylic acids is 3. The summed E-state index contributed by atoms with van der Waals surface area (Å²) in [7, 11) is 4.28. The Kier molecular flexibility index (Phi) is 8.92. The molecule has 31 heavy (non-hydrogen) atoms. The van der Waals surface area contributed by atoms with Crippen LogP contribution in [0.4, 0.5) is 5.69 Å². The van der Waals surface area contributed by atoms with Gasteiger partial charge in [-0.05, 0) is 36.4 Å². The van der Waals surface area contributed by atoms with Crippen molar-refractivity contribution in [3.8, 4) is 17.2 Å². The fraction of sp³-hybridized carbons (Fsp3) is 0.250. The van der Waals surface area contributed by atoms with Crippen molar-refractivity contribution in [1.29, 1.82) is 0 Å². The number of hydrogen-bond donors (Lipinski definition) is 3. The average Bonchev–Trinajstić information content (AvgIpc) is 2.77. The predicted octanol–water partition coefficient (Wildman–Crippen LogP) is 1.78. The quantitative estimate of drug-likeness (QED) is 0.496. The number of rotatable bonds is 9. The molecule has 0 aliphatic heterocycles. The molecule has 0 aromatic heterocycles. The van der Waals surface area contributed by atoms with Crippen LogP contribution in [0.15, 0.2) is 36.4 Å². The van der Waals surface area contributed by atoms with Crippen molar-refractivity contribution in [2.75, 3.05) is 39.9 Å². The van der Waals surface area contributed by atoms with Crippen LogP contribution in [-0.2, 0) is 14.3 Å². The van der Waals surface area contributed by atoms with Crippen LogP contribution in [0.25, 0.3) is 0 Å². The van der Waals surface area contributed by atoms with Gasteiger partial charge in [-0.3, -0.25) is 25.2 Å². The zero-order valence-electron chi connectivity index (χ0n) is 17.1. The third-order valence-electron chi connectivity index (χ3n) is 3.84. The first-order valence-electron chi connectivity index (χ1n) is 8.90. The number of hydrogen-bond acceptors (Lipinski definition) is 7. The Morgan fingerprint density at radius 3 is 1.97 bits per heavy atom. The van der Waals surface area contributed by atoms with E-state index in [9.17, 15) is 14.4 Å². The Morgan fingerprint density at radius 1 is 0.839 bits per heavy atom. The summed E-state index contributed by atoms with van der Waals surface area (Å²) >= 11 is 5.77. The maximum absolute atomic E-state index is 12.3. The van der Waals surface area contributed by atoms with E-state index in [0.29, 0.717) is 16.5 Å². The molecule has 0 spiro atoms. The minimum absolute atomic E-state index is 0.165. The number of nitrogens with one attached hydrogen (secondary N) is 3. The summed E-state index contributed by atoms with van der Waals surface area (Å²) in [5.41, 5.74) is 5.14. The fourth-order valence-electron chi connectivity index (χ4n) is 2.41. The molecule has 0 aliphatic carbocycles. The van der Waals surface area contributed by atoms with Gasteiger partial charge in [0.15, 0.2) is 11.5 Å². The summed E-state index contributed by atoms with van der Waals surface area (Å²) in [6, 6.07) is 9.38. The van der Waals surface area contributed by atoms with Gasteiger partial charge in [0.25, 0.3) is 11.8 Å². The first-order chi connectivity index (χ1) is 14.9. The van der Waals surface area contributed by atoms with Crippen molar-refractivity contribution in [3.63, 3.8) is 0 Å². The number of halogens is 1. The molecule has 0 fully saturated rings. The summed E-state index contributed by atoms with van der Waals surface area (Å²) in [4.78, 5) is 35.9. The molecule has 3 amide bonds. The average molecular weight is 452 g/mol. The molecule has 0 unspecified atom stereocenters. The molecule has 11 heteroatoms. The maximum atomic E-state index is 12.3. The highest BCUT2D eigenvalue weighted by molar-refractivity contribution is 6.30. The Bertz CT molecular complexity index is 910. The predicted molar refractivity (Wildman–Crippen MR) is 113 cm³/mol. The van der Waals surface area contributed by atoms with Gasteiger partial charge in [0.05, 0.1) is 21.3 Å². The van der Waals surface area contributed by atoms with Crippen LogP contribution in [-0.4, -0.2) is 52.3 Å². The van der Waals surface area contributed by atoms with Crippen molar-refractivity contribution in [1.82, 2.24) is 10.9 Å². The maximum Gasteiger partial charge on any atom is 0.269 e. The van der Waals surface area contributed by atoms with E-state index >= 15 is 0 Å². The number of ether oxygens (including phenoxy) is 4. The molecule has 0 saturated carbocycles. The SMILES string of the molecule is COc1cc(C(=O)NNC(=O)COCC(=O)Nc2ccc(Cl)cc2)cc(OC)c1OC. The van der Waals surface area contributed by atoms with Gasteiger partial charge in [-0.2, -0.15) is 0 Å². The van der Waals surface area contributed by atoms with Crippen LogP contribution in [0.2, 0.25) is 5.02 Å². The van der Waals surface area contributed by atoms with E-state index in [2.05, 4.69) is 16.2 Å². The third-order valence-corrected chi connectivity index (χ3v) is 4.09. The van der Waals surface area contributed by atoms with Gasteiger partial charge < -0.3 is 24.3 Å². The van der Waals surface area contributed by atoms with Crippen LogP contribution >= 0.6 is 11.6 Å². The van der Waals surface area contributed by atoms with Crippen LogP contribution < -0.4 is 30.4 Å². The zero-order chi connectivity index (χ0) is 22.8. The van der Waals surface area contributed by atoms with E-state index in [0.717, 1.165) is 0 Å². The number of carbonyl (C=O) groups is 3. The number of hydrazine groups is 1. The van der Waals surface area contributed by atoms with Crippen molar-refractivity contribution < 1.29 is 33.3 Å². The minimum atomic E-state index is -0.653. The van der Waals surface area contributed by atoms with E-state index in [4.69, 9.17) is 30.5 Å². The summed E-state index contributed by atoms with van der Waals surface area (Å²) in [6.45, 7) is -0.791. The molecule has 0 heterocycles. The number of amides is 3. The lowest BCUT2D eigenvalue weighted by Gasteiger charge is -2.14. The monoisotopic (exact) mass is 451 g/mol. The first kappa shape index (κ1) is 23.8.